The number of rotatable bonds is 9. The van der Waals surface area contributed by atoms with E-state index in [1.807, 2.05) is 13.8 Å². The van der Waals surface area contributed by atoms with E-state index in [-0.39, 0.29) is 24.2 Å². The van der Waals surface area contributed by atoms with Gasteiger partial charge in [-0.2, -0.15) is 0 Å². The van der Waals surface area contributed by atoms with Crippen molar-refractivity contribution in [3.63, 3.8) is 0 Å². The molecule has 1 fully saturated rings. The Bertz CT molecular complexity index is 996. The summed E-state index contributed by atoms with van der Waals surface area (Å²) in [5, 5.41) is -0.369. The molecule has 2 amide bonds. The van der Waals surface area contributed by atoms with E-state index < -0.39 is 5.91 Å². The van der Waals surface area contributed by atoms with E-state index in [2.05, 4.69) is 15.9 Å². The molecule has 2 aromatic rings. The Hall–Kier alpha value is -2.52. The molecule has 0 atom stereocenters. The van der Waals surface area contributed by atoms with E-state index in [1.165, 1.54) is 24.3 Å². The van der Waals surface area contributed by atoms with Crippen molar-refractivity contribution in [2.45, 2.75) is 13.8 Å². The molecule has 164 valence electrons. The maximum atomic E-state index is 13.0. The van der Waals surface area contributed by atoms with Crippen LogP contribution in [0.4, 0.5) is 9.18 Å². The molecule has 2 aromatic carbocycles. The van der Waals surface area contributed by atoms with Crippen LogP contribution >= 0.6 is 27.7 Å². The molecule has 1 saturated heterocycles. The molecular weight excluding hydrogens is 489 g/mol. The topological polar surface area (TPSA) is 65.1 Å². The number of carbonyl (C=O) groups is 2. The molecule has 6 nitrogen and oxygen atoms in total. The van der Waals surface area contributed by atoms with Crippen LogP contribution < -0.4 is 14.2 Å². The Balaban J connectivity index is 1.72. The zero-order valence-electron chi connectivity index (χ0n) is 17.0. The van der Waals surface area contributed by atoms with Gasteiger partial charge in [0.15, 0.2) is 11.5 Å². The van der Waals surface area contributed by atoms with Crippen LogP contribution in [0.1, 0.15) is 19.4 Å². The van der Waals surface area contributed by atoms with Crippen molar-refractivity contribution in [2.24, 2.45) is 0 Å². The molecule has 0 aromatic heterocycles. The van der Waals surface area contributed by atoms with Crippen molar-refractivity contribution in [3.05, 3.63) is 57.2 Å². The van der Waals surface area contributed by atoms with Gasteiger partial charge in [-0.05, 0) is 73.6 Å². The molecule has 0 saturated carbocycles. The fourth-order valence-electron chi connectivity index (χ4n) is 2.82. The highest BCUT2D eigenvalue weighted by Crippen LogP contribution is 2.38. The van der Waals surface area contributed by atoms with Crippen LogP contribution in [0.3, 0.4) is 0 Å². The average molecular weight is 510 g/mol. The van der Waals surface area contributed by atoms with Crippen LogP contribution in [0.15, 0.2) is 45.8 Å². The van der Waals surface area contributed by atoms with Gasteiger partial charge < -0.3 is 14.2 Å². The van der Waals surface area contributed by atoms with Crippen LogP contribution in [0.5, 0.6) is 17.2 Å². The molecule has 0 bridgehead atoms. The van der Waals surface area contributed by atoms with E-state index in [0.29, 0.717) is 45.4 Å². The molecule has 0 radical (unpaired) electrons. The first-order valence-electron chi connectivity index (χ1n) is 9.65. The van der Waals surface area contributed by atoms with Crippen LogP contribution in [-0.2, 0) is 4.79 Å². The van der Waals surface area contributed by atoms with Crippen molar-refractivity contribution in [1.82, 2.24) is 4.90 Å². The summed E-state index contributed by atoms with van der Waals surface area (Å²) in [5.74, 6) is 0.864. The first-order chi connectivity index (χ1) is 14.9. The molecule has 3 rings (SSSR count). The van der Waals surface area contributed by atoms with E-state index in [0.717, 1.165) is 16.7 Å². The third-order valence-electron chi connectivity index (χ3n) is 4.22. The van der Waals surface area contributed by atoms with Gasteiger partial charge in [-0.3, -0.25) is 14.5 Å². The van der Waals surface area contributed by atoms with Gasteiger partial charge in [-0.25, -0.2) is 4.39 Å². The van der Waals surface area contributed by atoms with Gasteiger partial charge >= 0.3 is 0 Å². The largest absolute Gasteiger partial charge is 0.492 e. The Morgan fingerprint density at radius 3 is 2.32 bits per heavy atom. The quantitative estimate of drug-likeness (QED) is 0.415. The molecule has 1 heterocycles. The van der Waals surface area contributed by atoms with Crippen LogP contribution in [0.25, 0.3) is 6.08 Å². The van der Waals surface area contributed by atoms with Crippen molar-refractivity contribution in [3.8, 4) is 17.2 Å². The minimum Gasteiger partial charge on any atom is -0.492 e. The Labute approximate surface area is 192 Å². The van der Waals surface area contributed by atoms with Gasteiger partial charge in [0.1, 0.15) is 18.2 Å². The first kappa shape index (κ1) is 23.1. The number of halogens is 2. The Morgan fingerprint density at radius 2 is 1.68 bits per heavy atom. The highest BCUT2D eigenvalue weighted by Gasteiger charge is 2.35. The number of amides is 2. The predicted molar refractivity (Wildman–Crippen MR) is 121 cm³/mol. The average Bonchev–Trinajstić information content (AvgIpc) is 3.00. The molecule has 9 heteroatoms. The number of thioether (sulfide) groups is 1. The van der Waals surface area contributed by atoms with Crippen molar-refractivity contribution in [2.75, 3.05) is 26.4 Å². The molecule has 0 aliphatic carbocycles. The number of ether oxygens (including phenoxy) is 3. The molecular formula is C22H21BrFNO5S. The van der Waals surface area contributed by atoms with Gasteiger partial charge in [0.05, 0.1) is 24.7 Å². The smallest absolute Gasteiger partial charge is 0.293 e. The highest BCUT2D eigenvalue weighted by atomic mass is 79.9. The predicted octanol–water partition coefficient (Wildman–Crippen LogP) is 5.50. The van der Waals surface area contributed by atoms with Crippen LogP contribution in [0.2, 0.25) is 0 Å². The van der Waals surface area contributed by atoms with Gasteiger partial charge in [0, 0.05) is 4.47 Å². The maximum absolute atomic E-state index is 13.0. The second-order valence-electron chi connectivity index (χ2n) is 6.32. The van der Waals surface area contributed by atoms with Crippen molar-refractivity contribution in [1.29, 1.82) is 0 Å². The summed E-state index contributed by atoms with van der Waals surface area (Å²) in [5.41, 5.74) is 0.694. The summed E-state index contributed by atoms with van der Waals surface area (Å²) >= 11 is 4.35. The molecule has 0 N–H and O–H groups in total. The minimum atomic E-state index is -0.392. The Kier molecular flexibility index (Phi) is 7.97. The second-order valence-corrected chi connectivity index (χ2v) is 8.17. The fraction of sp³-hybridized carbons (Fsp3) is 0.273. The third kappa shape index (κ3) is 5.80. The minimum absolute atomic E-state index is 0.0913. The lowest BCUT2D eigenvalue weighted by molar-refractivity contribution is -0.123. The zero-order chi connectivity index (χ0) is 22.4. The number of hydrogen-bond donors (Lipinski definition) is 0. The summed E-state index contributed by atoms with van der Waals surface area (Å²) in [4.78, 5) is 26.5. The standard InChI is InChI=1S/C22H21BrFNO5S/c1-3-28-18-11-14(17(23)13-19(18)29-4-2)12-20-21(26)25(22(27)31-20)9-10-30-16-7-5-15(24)6-8-16/h5-8,11-13H,3-4,9-10H2,1-2H3/b20-12-. The highest BCUT2D eigenvalue weighted by molar-refractivity contribution is 9.10. The van der Waals surface area contributed by atoms with Gasteiger partial charge in [-0.1, -0.05) is 15.9 Å². The second kappa shape index (κ2) is 10.7. The SMILES string of the molecule is CCOc1cc(Br)c(/C=C2\SC(=O)N(CCOc3ccc(F)cc3)C2=O)cc1OCC. The summed E-state index contributed by atoms with van der Waals surface area (Å²) in [6, 6.07) is 9.09. The summed E-state index contributed by atoms with van der Waals surface area (Å²) < 4.78 is 30.4. The third-order valence-corrected chi connectivity index (χ3v) is 5.81. The van der Waals surface area contributed by atoms with Crippen LogP contribution in [-0.4, -0.2) is 42.4 Å². The molecule has 1 aliphatic heterocycles. The molecule has 0 unspecified atom stereocenters. The zero-order valence-corrected chi connectivity index (χ0v) is 19.4. The molecule has 0 spiro atoms. The molecule has 1 aliphatic rings. The van der Waals surface area contributed by atoms with Gasteiger partial charge in [-0.15, -0.1) is 0 Å². The lowest BCUT2D eigenvalue weighted by Gasteiger charge is -2.14. The first-order valence-corrected chi connectivity index (χ1v) is 11.3. The Morgan fingerprint density at radius 1 is 1.03 bits per heavy atom. The summed E-state index contributed by atoms with van der Waals surface area (Å²) in [6.07, 6.45) is 1.65. The number of carbonyl (C=O) groups excluding carboxylic acids is 2. The summed E-state index contributed by atoms with van der Waals surface area (Å²) in [7, 11) is 0. The van der Waals surface area contributed by atoms with Crippen LogP contribution in [0, 0.1) is 5.82 Å². The van der Waals surface area contributed by atoms with E-state index in [9.17, 15) is 14.0 Å². The normalized spacial score (nSPS) is 15.0. The summed E-state index contributed by atoms with van der Waals surface area (Å²) in [6.45, 7) is 4.91. The lowest BCUT2D eigenvalue weighted by atomic mass is 10.2. The van der Waals surface area contributed by atoms with E-state index in [4.69, 9.17) is 14.2 Å². The number of imide groups is 1. The van der Waals surface area contributed by atoms with Gasteiger partial charge in [0.25, 0.3) is 11.1 Å². The van der Waals surface area contributed by atoms with E-state index in [1.54, 1.807) is 18.2 Å². The lowest BCUT2D eigenvalue weighted by Crippen LogP contribution is -2.32. The maximum Gasteiger partial charge on any atom is 0.293 e. The van der Waals surface area contributed by atoms with Crippen molar-refractivity contribution < 1.29 is 28.2 Å². The monoisotopic (exact) mass is 509 g/mol. The number of hydrogen-bond acceptors (Lipinski definition) is 6. The van der Waals surface area contributed by atoms with Gasteiger partial charge in [0.2, 0.25) is 0 Å². The molecule has 31 heavy (non-hydrogen) atoms. The fourth-order valence-corrected chi connectivity index (χ4v) is 4.11. The van der Waals surface area contributed by atoms with Crippen molar-refractivity contribution >= 4 is 44.9 Å². The number of benzene rings is 2. The number of nitrogens with zero attached hydrogens (tertiary/aromatic N) is 1. The van der Waals surface area contributed by atoms with E-state index >= 15 is 0 Å².